The van der Waals surface area contributed by atoms with Crippen molar-refractivity contribution in [1.82, 2.24) is 10.2 Å². The van der Waals surface area contributed by atoms with Gasteiger partial charge in [0.2, 0.25) is 0 Å². The van der Waals surface area contributed by atoms with Crippen molar-refractivity contribution < 1.29 is 40.6 Å². The van der Waals surface area contributed by atoms with E-state index in [0.29, 0.717) is 30.1 Å². The van der Waals surface area contributed by atoms with E-state index >= 15 is 0 Å². The highest BCUT2D eigenvalue weighted by molar-refractivity contribution is 5.75. The first-order chi connectivity index (χ1) is 18.8. The highest BCUT2D eigenvalue weighted by Gasteiger charge is 2.39. The number of urea groups is 1. The number of ether oxygens (including phenoxy) is 2. The molecule has 1 unspecified atom stereocenters. The summed E-state index contributed by atoms with van der Waals surface area (Å²) in [5.74, 6) is -0.679. The second kappa shape index (κ2) is 11.7. The SMILES string of the molecule is CC1CCN(C(=O)NCC(Cc2ccccc2)(c2cccc(OC(F)(F)F)c2)c2cccc(OC(F)(F)F)c2)C1. The maximum Gasteiger partial charge on any atom is 0.573 e. The van der Waals surface area contributed by atoms with E-state index in [9.17, 15) is 31.1 Å². The van der Waals surface area contributed by atoms with Crippen LogP contribution in [-0.4, -0.2) is 43.3 Å². The molecule has 1 fully saturated rings. The van der Waals surface area contributed by atoms with Gasteiger partial charge in [-0.1, -0.05) is 61.5 Å². The highest BCUT2D eigenvalue weighted by Crippen LogP contribution is 2.40. The molecule has 214 valence electrons. The number of nitrogens with zero attached hydrogens (tertiary/aromatic N) is 1. The van der Waals surface area contributed by atoms with Crippen LogP contribution in [0.4, 0.5) is 31.1 Å². The fraction of sp³-hybridized carbons (Fsp3) is 0.345. The van der Waals surface area contributed by atoms with Gasteiger partial charge in [-0.2, -0.15) is 0 Å². The van der Waals surface area contributed by atoms with Gasteiger partial charge in [0.1, 0.15) is 11.5 Å². The molecule has 0 spiro atoms. The maximum absolute atomic E-state index is 13.1. The molecule has 0 saturated carbocycles. The molecule has 1 heterocycles. The molecule has 1 aliphatic heterocycles. The number of alkyl halides is 6. The van der Waals surface area contributed by atoms with Crippen LogP contribution >= 0.6 is 0 Å². The third-order valence-corrected chi connectivity index (χ3v) is 6.84. The summed E-state index contributed by atoms with van der Waals surface area (Å²) in [5, 5.41) is 2.90. The Morgan fingerprint density at radius 3 is 1.88 bits per heavy atom. The Hall–Kier alpha value is -3.89. The van der Waals surface area contributed by atoms with Crippen LogP contribution in [0.25, 0.3) is 0 Å². The van der Waals surface area contributed by atoms with Gasteiger partial charge in [-0.3, -0.25) is 0 Å². The van der Waals surface area contributed by atoms with Gasteiger partial charge in [0.05, 0.1) is 0 Å². The van der Waals surface area contributed by atoms with Crippen LogP contribution in [0.1, 0.15) is 30.0 Å². The van der Waals surface area contributed by atoms with Crippen molar-refractivity contribution in [3.63, 3.8) is 0 Å². The zero-order valence-corrected chi connectivity index (χ0v) is 21.6. The molecule has 1 N–H and O–H groups in total. The fourth-order valence-electron chi connectivity index (χ4n) is 5.02. The quantitative estimate of drug-likeness (QED) is 0.297. The number of amides is 2. The first kappa shape index (κ1) is 29.1. The summed E-state index contributed by atoms with van der Waals surface area (Å²) in [7, 11) is 0. The molecule has 5 nitrogen and oxygen atoms in total. The minimum atomic E-state index is -4.96. The second-order valence-corrected chi connectivity index (χ2v) is 9.89. The Kier molecular flexibility index (Phi) is 8.51. The van der Waals surface area contributed by atoms with Gasteiger partial charge >= 0.3 is 18.8 Å². The molecule has 40 heavy (non-hydrogen) atoms. The molecule has 0 radical (unpaired) electrons. The summed E-state index contributed by atoms with van der Waals surface area (Å²) in [5.41, 5.74) is 0.0451. The number of halogens is 6. The first-order valence-electron chi connectivity index (χ1n) is 12.6. The number of rotatable bonds is 8. The second-order valence-electron chi connectivity index (χ2n) is 9.89. The number of likely N-dealkylation sites (tertiary alicyclic amines) is 1. The number of benzene rings is 3. The molecule has 11 heteroatoms. The average molecular weight is 567 g/mol. The van der Waals surface area contributed by atoms with Crippen LogP contribution in [0.15, 0.2) is 78.9 Å². The Morgan fingerprint density at radius 1 is 0.850 bits per heavy atom. The van der Waals surface area contributed by atoms with Gasteiger partial charge in [0, 0.05) is 25.0 Å². The molecule has 0 bridgehead atoms. The number of carbonyl (C=O) groups is 1. The molecule has 1 aliphatic rings. The largest absolute Gasteiger partial charge is 0.573 e. The smallest absolute Gasteiger partial charge is 0.406 e. The van der Waals surface area contributed by atoms with E-state index in [4.69, 9.17) is 0 Å². The van der Waals surface area contributed by atoms with Crippen molar-refractivity contribution in [3.05, 3.63) is 95.6 Å². The lowest BCUT2D eigenvalue weighted by Crippen LogP contribution is -2.47. The lowest BCUT2D eigenvalue weighted by atomic mass is 9.70. The van der Waals surface area contributed by atoms with Crippen molar-refractivity contribution in [2.75, 3.05) is 19.6 Å². The number of hydrogen-bond acceptors (Lipinski definition) is 3. The van der Waals surface area contributed by atoms with Crippen molar-refractivity contribution in [1.29, 1.82) is 0 Å². The Morgan fingerprint density at radius 2 is 1.40 bits per heavy atom. The third-order valence-electron chi connectivity index (χ3n) is 6.84. The lowest BCUT2D eigenvalue weighted by Gasteiger charge is -2.37. The van der Waals surface area contributed by atoms with E-state index in [1.807, 2.05) is 6.92 Å². The van der Waals surface area contributed by atoms with Gasteiger partial charge in [0.15, 0.2) is 0 Å². The standard InChI is InChI=1S/C29H28F6N2O3/c1-20-13-14-37(18-20)26(38)36-19-27(17-21-7-3-2-4-8-21,22-9-5-11-24(15-22)39-28(30,31)32)23-10-6-12-25(16-23)40-29(33,34)35/h2-12,15-16,20H,13-14,17-19H2,1H3,(H,36,38). The zero-order chi connectivity index (χ0) is 29.0. The van der Waals surface area contributed by atoms with E-state index in [-0.39, 0.29) is 19.0 Å². The number of carbonyl (C=O) groups excluding carboxylic acids is 1. The van der Waals surface area contributed by atoms with E-state index in [2.05, 4.69) is 14.8 Å². The van der Waals surface area contributed by atoms with Crippen molar-refractivity contribution in [2.24, 2.45) is 5.92 Å². The monoisotopic (exact) mass is 566 g/mol. The van der Waals surface area contributed by atoms with Crippen molar-refractivity contribution >= 4 is 6.03 Å². The third kappa shape index (κ3) is 7.61. The molecule has 3 aromatic carbocycles. The van der Waals surface area contributed by atoms with E-state index in [1.54, 1.807) is 47.4 Å². The molecule has 4 rings (SSSR count). The van der Waals surface area contributed by atoms with Crippen LogP contribution in [0.5, 0.6) is 11.5 Å². The first-order valence-corrected chi connectivity index (χ1v) is 12.6. The summed E-state index contributed by atoms with van der Waals surface area (Å²) in [6.45, 7) is 2.98. The molecule has 0 aromatic heterocycles. The molecular formula is C29H28F6N2O3. The van der Waals surface area contributed by atoms with Gasteiger partial charge in [0.25, 0.3) is 0 Å². The Labute approximate surface area is 227 Å². The minimum Gasteiger partial charge on any atom is -0.406 e. The predicted octanol–water partition coefficient (Wildman–Crippen LogP) is 7.06. The predicted molar refractivity (Wildman–Crippen MR) is 136 cm³/mol. The number of hydrogen-bond donors (Lipinski definition) is 1. The normalized spacial score (nSPS) is 16.1. The fourth-order valence-corrected chi connectivity index (χ4v) is 5.02. The molecule has 1 atom stereocenters. The van der Waals surface area contributed by atoms with Crippen LogP contribution in [0.2, 0.25) is 0 Å². The van der Waals surface area contributed by atoms with E-state index in [0.717, 1.165) is 24.1 Å². The Bertz CT molecular complexity index is 1240. The molecule has 2 amide bonds. The summed E-state index contributed by atoms with van der Waals surface area (Å²) in [6, 6.07) is 19.1. The summed E-state index contributed by atoms with van der Waals surface area (Å²) >= 11 is 0. The lowest BCUT2D eigenvalue weighted by molar-refractivity contribution is -0.275. The van der Waals surface area contributed by atoms with Crippen LogP contribution in [0, 0.1) is 5.92 Å². The molecule has 1 saturated heterocycles. The van der Waals surface area contributed by atoms with Gasteiger partial charge in [-0.25, -0.2) is 4.79 Å². The summed E-state index contributed by atoms with van der Waals surface area (Å²) < 4.78 is 86.9. The van der Waals surface area contributed by atoms with E-state index in [1.165, 1.54) is 24.3 Å². The van der Waals surface area contributed by atoms with Crippen molar-refractivity contribution in [2.45, 2.75) is 37.9 Å². The van der Waals surface area contributed by atoms with Crippen LogP contribution < -0.4 is 14.8 Å². The zero-order valence-electron chi connectivity index (χ0n) is 21.6. The molecule has 0 aliphatic carbocycles. The van der Waals surface area contributed by atoms with Crippen molar-refractivity contribution in [3.8, 4) is 11.5 Å². The van der Waals surface area contributed by atoms with Gasteiger partial charge in [-0.15, -0.1) is 26.3 Å². The maximum atomic E-state index is 13.1. The average Bonchev–Trinajstić information content (AvgIpc) is 3.31. The molecular weight excluding hydrogens is 538 g/mol. The molecule has 3 aromatic rings. The van der Waals surface area contributed by atoms with Crippen LogP contribution in [-0.2, 0) is 11.8 Å². The van der Waals surface area contributed by atoms with Gasteiger partial charge < -0.3 is 19.7 Å². The highest BCUT2D eigenvalue weighted by atomic mass is 19.4. The van der Waals surface area contributed by atoms with E-state index < -0.39 is 29.6 Å². The topological polar surface area (TPSA) is 50.8 Å². The summed E-state index contributed by atoms with van der Waals surface area (Å²) in [4.78, 5) is 14.8. The minimum absolute atomic E-state index is 0.128. The van der Waals surface area contributed by atoms with Gasteiger partial charge in [-0.05, 0) is 59.7 Å². The summed E-state index contributed by atoms with van der Waals surface area (Å²) in [6.07, 6.45) is -8.95. The number of nitrogens with one attached hydrogen (secondary N) is 1. The Balaban J connectivity index is 1.84. The van der Waals surface area contributed by atoms with Crippen LogP contribution in [0.3, 0.4) is 0 Å².